The molecule has 1 heterocycles. The van der Waals surface area contributed by atoms with Crippen LogP contribution in [0.4, 0.5) is 4.79 Å². The molecule has 1 saturated heterocycles. The molecule has 1 aliphatic rings. The standard InChI is InChI=1S/C6H12N2O/c1-3-8(2)5-4-7-6(8)9/h3-5H2,1-2H3/p+1. The number of urea groups is 1. The lowest BCUT2D eigenvalue weighted by atomic mass is 10.5. The normalized spacial score (nSPS) is 34.7. The van der Waals surface area contributed by atoms with Crippen LogP contribution in [-0.2, 0) is 0 Å². The second kappa shape index (κ2) is 1.99. The second-order valence-corrected chi connectivity index (χ2v) is 2.67. The maximum atomic E-state index is 11.0. The second-order valence-electron chi connectivity index (χ2n) is 2.67. The van der Waals surface area contributed by atoms with Gasteiger partial charge in [-0.2, -0.15) is 0 Å². The number of likely N-dealkylation sites (N-methyl/N-ethyl adjacent to an activating group) is 1. The Balaban J connectivity index is 2.67. The number of hydrogen-bond acceptors (Lipinski definition) is 1. The lowest BCUT2D eigenvalue weighted by Gasteiger charge is -2.21. The van der Waals surface area contributed by atoms with E-state index in [2.05, 4.69) is 5.32 Å². The van der Waals surface area contributed by atoms with Crippen LogP contribution in [0.15, 0.2) is 0 Å². The van der Waals surface area contributed by atoms with E-state index in [1.807, 2.05) is 14.0 Å². The van der Waals surface area contributed by atoms with E-state index in [0.717, 1.165) is 19.6 Å². The first-order valence-electron chi connectivity index (χ1n) is 3.32. The van der Waals surface area contributed by atoms with Crippen molar-refractivity contribution in [2.75, 3.05) is 26.7 Å². The SMILES string of the molecule is CC[N+]1(C)CCNC1=O. The predicted octanol–water partition coefficient (Wildman–Crippen LogP) is 0.176. The molecule has 3 heteroatoms. The fourth-order valence-electron chi connectivity index (χ4n) is 1.00. The van der Waals surface area contributed by atoms with E-state index in [1.54, 1.807) is 0 Å². The Morgan fingerprint density at radius 2 is 2.44 bits per heavy atom. The third-order valence-corrected chi connectivity index (χ3v) is 2.07. The largest absolute Gasteiger partial charge is 0.416 e. The number of rotatable bonds is 1. The highest BCUT2D eigenvalue weighted by Crippen LogP contribution is 2.06. The smallest absolute Gasteiger partial charge is 0.300 e. The van der Waals surface area contributed by atoms with E-state index in [0.29, 0.717) is 4.48 Å². The van der Waals surface area contributed by atoms with Gasteiger partial charge in [-0.05, 0) is 6.92 Å². The Hall–Kier alpha value is -0.570. The summed E-state index contributed by atoms with van der Waals surface area (Å²) in [6, 6.07) is 0.164. The van der Waals surface area contributed by atoms with Crippen molar-refractivity contribution in [3.8, 4) is 0 Å². The zero-order valence-corrected chi connectivity index (χ0v) is 5.98. The lowest BCUT2D eigenvalue weighted by molar-refractivity contribution is -0.817. The van der Waals surface area contributed by atoms with Crippen LogP contribution in [0.1, 0.15) is 6.92 Å². The predicted molar refractivity (Wildman–Crippen MR) is 35.0 cm³/mol. The average molecular weight is 129 g/mol. The van der Waals surface area contributed by atoms with Gasteiger partial charge in [-0.1, -0.05) is 0 Å². The van der Waals surface area contributed by atoms with Gasteiger partial charge in [0, 0.05) is 0 Å². The molecule has 52 valence electrons. The van der Waals surface area contributed by atoms with Crippen LogP contribution in [0.5, 0.6) is 0 Å². The van der Waals surface area contributed by atoms with Crippen molar-refractivity contribution in [2.45, 2.75) is 6.92 Å². The van der Waals surface area contributed by atoms with Crippen molar-refractivity contribution < 1.29 is 9.28 Å². The van der Waals surface area contributed by atoms with Gasteiger partial charge < -0.3 is 0 Å². The third-order valence-electron chi connectivity index (χ3n) is 2.07. The van der Waals surface area contributed by atoms with Crippen LogP contribution in [0.3, 0.4) is 0 Å². The molecule has 1 rings (SSSR count). The summed E-state index contributed by atoms with van der Waals surface area (Å²) in [4.78, 5) is 11.0. The topological polar surface area (TPSA) is 29.1 Å². The van der Waals surface area contributed by atoms with E-state index >= 15 is 0 Å². The first-order valence-corrected chi connectivity index (χ1v) is 3.32. The fourth-order valence-corrected chi connectivity index (χ4v) is 1.00. The molecule has 2 amide bonds. The van der Waals surface area contributed by atoms with E-state index in [9.17, 15) is 4.79 Å². The molecular weight excluding hydrogens is 116 g/mol. The minimum absolute atomic E-state index is 0.164. The van der Waals surface area contributed by atoms with Crippen molar-refractivity contribution in [1.82, 2.24) is 5.32 Å². The minimum Gasteiger partial charge on any atom is -0.300 e. The van der Waals surface area contributed by atoms with E-state index < -0.39 is 0 Å². The Kier molecular flexibility index (Phi) is 1.45. The number of amides is 2. The fraction of sp³-hybridized carbons (Fsp3) is 0.833. The molecule has 9 heavy (non-hydrogen) atoms. The maximum absolute atomic E-state index is 11.0. The van der Waals surface area contributed by atoms with Gasteiger partial charge in [0.15, 0.2) is 0 Å². The summed E-state index contributed by atoms with van der Waals surface area (Å²) in [5, 5.41) is 2.79. The lowest BCUT2D eigenvalue weighted by Crippen LogP contribution is -2.46. The quantitative estimate of drug-likeness (QED) is 0.503. The van der Waals surface area contributed by atoms with Gasteiger partial charge in [0.25, 0.3) is 0 Å². The number of quaternary nitrogens is 1. The molecule has 0 bridgehead atoms. The molecule has 0 aromatic rings. The van der Waals surface area contributed by atoms with Crippen LogP contribution >= 0.6 is 0 Å². The Morgan fingerprint density at radius 1 is 1.78 bits per heavy atom. The van der Waals surface area contributed by atoms with Gasteiger partial charge in [-0.25, -0.2) is 9.28 Å². The zero-order chi connectivity index (χ0) is 6.91. The van der Waals surface area contributed by atoms with Crippen LogP contribution in [0.2, 0.25) is 0 Å². The molecule has 0 radical (unpaired) electrons. The first kappa shape index (κ1) is 6.55. The van der Waals surface area contributed by atoms with E-state index in [-0.39, 0.29) is 6.03 Å². The molecule has 1 aliphatic heterocycles. The highest BCUT2D eigenvalue weighted by molar-refractivity contribution is 5.68. The molecule has 1 N–H and O–H groups in total. The molecule has 3 nitrogen and oxygen atoms in total. The molecule has 1 atom stereocenters. The third kappa shape index (κ3) is 0.920. The molecule has 0 spiro atoms. The van der Waals surface area contributed by atoms with Crippen LogP contribution in [0, 0.1) is 0 Å². The highest BCUT2D eigenvalue weighted by atomic mass is 16.2. The Morgan fingerprint density at radius 3 is 2.67 bits per heavy atom. The van der Waals surface area contributed by atoms with Gasteiger partial charge in [-0.15, -0.1) is 0 Å². The van der Waals surface area contributed by atoms with Crippen molar-refractivity contribution in [3.63, 3.8) is 0 Å². The van der Waals surface area contributed by atoms with Gasteiger partial charge in [0.05, 0.1) is 20.1 Å². The van der Waals surface area contributed by atoms with Gasteiger partial charge in [0.2, 0.25) is 0 Å². The Bertz CT molecular complexity index is 135. The van der Waals surface area contributed by atoms with Crippen molar-refractivity contribution >= 4 is 6.03 Å². The van der Waals surface area contributed by atoms with Crippen LogP contribution in [0.25, 0.3) is 0 Å². The van der Waals surface area contributed by atoms with Gasteiger partial charge in [0.1, 0.15) is 6.54 Å². The summed E-state index contributed by atoms with van der Waals surface area (Å²) in [5.74, 6) is 0. The minimum atomic E-state index is 0.164. The molecular formula is C6H13N2O+. The monoisotopic (exact) mass is 129 g/mol. The maximum Gasteiger partial charge on any atom is 0.416 e. The molecule has 1 unspecified atom stereocenters. The van der Waals surface area contributed by atoms with Gasteiger partial charge in [-0.3, -0.25) is 5.32 Å². The molecule has 1 fully saturated rings. The van der Waals surface area contributed by atoms with Crippen LogP contribution < -0.4 is 5.32 Å². The summed E-state index contributed by atoms with van der Waals surface area (Å²) in [5.41, 5.74) is 0. The molecule has 0 aliphatic carbocycles. The summed E-state index contributed by atoms with van der Waals surface area (Å²) in [6.07, 6.45) is 0. The first-order chi connectivity index (χ1) is 4.19. The van der Waals surface area contributed by atoms with Gasteiger partial charge >= 0.3 is 6.03 Å². The molecule has 0 saturated carbocycles. The van der Waals surface area contributed by atoms with Crippen molar-refractivity contribution in [3.05, 3.63) is 0 Å². The summed E-state index contributed by atoms with van der Waals surface area (Å²) >= 11 is 0. The van der Waals surface area contributed by atoms with Crippen molar-refractivity contribution in [1.29, 1.82) is 0 Å². The van der Waals surface area contributed by atoms with Crippen LogP contribution in [-0.4, -0.2) is 37.2 Å². The summed E-state index contributed by atoms with van der Waals surface area (Å²) in [6.45, 7) is 4.70. The molecule has 0 aromatic heterocycles. The van der Waals surface area contributed by atoms with E-state index in [4.69, 9.17) is 0 Å². The highest BCUT2D eigenvalue weighted by Gasteiger charge is 2.34. The molecule has 0 aromatic carbocycles. The van der Waals surface area contributed by atoms with E-state index in [1.165, 1.54) is 0 Å². The number of carbonyl (C=O) groups excluding carboxylic acids is 1. The zero-order valence-electron chi connectivity index (χ0n) is 5.98. The summed E-state index contributed by atoms with van der Waals surface area (Å²) in [7, 11) is 1.96. The number of nitrogens with zero attached hydrogens (tertiary/aromatic N) is 1. The number of carbonyl (C=O) groups is 1. The summed E-state index contributed by atoms with van der Waals surface area (Å²) < 4.78 is 0.556. The Labute approximate surface area is 55.2 Å². The van der Waals surface area contributed by atoms with Crippen molar-refractivity contribution in [2.24, 2.45) is 0 Å². The number of hydrogen-bond donors (Lipinski definition) is 1. The average Bonchev–Trinajstić information content (AvgIpc) is 2.15. The number of nitrogens with one attached hydrogen (secondary N) is 1.